The van der Waals surface area contributed by atoms with Crippen LogP contribution in [0.3, 0.4) is 0 Å². The molecule has 1 aromatic carbocycles. The summed E-state index contributed by atoms with van der Waals surface area (Å²) in [6.07, 6.45) is 0.795. The second-order valence-electron chi connectivity index (χ2n) is 5.66. The number of aromatic nitrogens is 1. The normalized spacial score (nSPS) is 12.6. The van der Waals surface area contributed by atoms with Gasteiger partial charge in [-0.15, -0.1) is 0 Å². The zero-order valence-electron chi connectivity index (χ0n) is 12.6. The third kappa shape index (κ3) is 3.90. The average molecular weight is 288 g/mol. The van der Waals surface area contributed by atoms with Gasteiger partial charge >= 0.3 is 0 Å². The topological polar surface area (TPSA) is 72.2 Å². The lowest BCUT2D eigenvalue weighted by Crippen LogP contribution is -2.34. The SMILES string of the molecule is CC(C)C[C@H](C)C(=O)NCC(=O)c1nc2ccccc2o1. The number of para-hydroxylation sites is 2. The molecule has 1 amide bonds. The molecule has 2 rings (SSSR count). The average Bonchev–Trinajstić information content (AvgIpc) is 2.87. The van der Waals surface area contributed by atoms with Gasteiger partial charge in [-0.1, -0.05) is 32.9 Å². The van der Waals surface area contributed by atoms with Crippen molar-refractivity contribution in [2.24, 2.45) is 11.8 Å². The minimum absolute atomic E-state index is 0.0352. The summed E-state index contributed by atoms with van der Waals surface area (Å²) in [6, 6.07) is 7.17. The quantitative estimate of drug-likeness (QED) is 0.830. The Bertz CT molecular complexity index is 613. The molecule has 112 valence electrons. The molecule has 0 radical (unpaired) electrons. The van der Waals surface area contributed by atoms with Gasteiger partial charge in [-0.05, 0) is 24.5 Å². The molecular formula is C16H20N2O3. The zero-order chi connectivity index (χ0) is 15.4. The third-order valence-corrected chi connectivity index (χ3v) is 3.23. The Morgan fingerprint density at radius 3 is 2.62 bits per heavy atom. The molecule has 1 N–H and O–H groups in total. The van der Waals surface area contributed by atoms with Crippen molar-refractivity contribution in [1.82, 2.24) is 10.3 Å². The smallest absolute Gasteiger partial charge is 0.266 e. The van der Waals surface area contributed by atoms with Crippen LogP contribution in [0.25, 0.3) is 11.1 Å². The van der Waals surface area contributed by atoms with E-state index in [4.69, 9.17) is 4.42 Å². The van der Waals surface area contributed by atoms with E-state index in [1.165, 1.54) is 0 Å². The molecule has 1 heterocycles. The number of nitrogens with one attached hydrogen (secondary N) is 1. The molecule has 5 heteroatoms. The van der Waals surface area contributed by atoms with Gasteiger partial charge in [0.15, 0.2) is 5.58 Å². The number of hydrogen-bond acceptors (Lipinski definition) is 4. The Balaban J connectivity index is 1.94. The van der Waals surface area contributed by atoms with Gasteiger partial charge in [0.2, 0.25) is 11.7 Å². The number of hydrogen-bond donors (Lipinski definition) is 1. The molecule has 0 unspecified atom stereocenters. The number of benzene rings is 1. The fraction of sp³-hybridized carbons (Fsp3) is 0.438. The number of fused-ring (bicyclic) bond motifs is 1. The third-order valence-electron chi connectivity index (χ3n) is 3.23. The van der Waals surface area contributed by atoms with Crippen molar-refractivity contribution >= 4 is 22.8 Å². The molecule has 21 heavy (non-hydrogen) atoms. The number of oxazole rings is 1. The monoisotopic (exact) mass is 288 g/mol. The predicted molar refractivity (Wildman–Crippen MR) is 80.0 cm³/mol. The molecule has 0 aliphatic rings. The summed E-state index contributed by atoms with van der Waals surface area (Å²) in [5.41, 5.74) is 1.21. The van der Waals surface area contributed by atoms with Gasteiger partial charge in [0, 0.05) is 5.92 Å². The maximum absolute atomic E-state index is 12.0. The van der Waals surface area contributed by atoms with Crippen molar-refractivity contribution in [3.63, 3.8) is 0 Å². The number of nitrogens with zero attached hydrogens (tertiary/aromatic N) is 1. The summed E-state index contributed by atoms with van der Waals surface area (Å²) in [5, 5.41) is 2.64. The second-order valence-corrected chi connectivity index (χ2v) is 5.66. The highest BCUT2D eigenvalue weighted by molar-refractivity contribution is 5.97. The standard InChI is InChI=1S/C16H20N2O3/c1-10(2)8-11(3)15(20)17-9-13(19)16-18-12-6-4-5-7-14(12)21-16/h4-7,10-11H,8-9H2,1-3H3,(H,17,20)/t11-/m0/s1. The molecule has 0 saturated carbocycles. The lowest BCUT2D eigenvalue weighted by molar-refractivity contribution is -0.124. The van der Waals surface area contributed by atoms with Gasteiger partial charge in [-0.3, -0.25) is 9.59 Å². The van der Waals surface area contributed by atoms with Gasteiger partial charge in [-0.2, -0.15) is 0 Å². The van der Waals surface area contributed by atoms with Gasteiger partial charge in [0.1, 0.15) is 5.52 Å². The number of carbonyl (C=O) groups excluding carboxylic acids is 2. The Morgan fingerprint density at radius 2 is 1.95 bits per heavy atom. The molecule has 0 fully saturated rings. The van der Waals surface area contributed by atoms with E-state index >= 15 is 0 Å². The summed E-state index contributed by atoms with van der Waals surface area (Å²) in [6.45, 7) is 5.90. The summed E-state index contributed by atoms with van der Waals surface area (Å²) in [5.74, 6) is -0.0719. The molecule has 0 saturated heterocycles. The van der Waals surface area contributed by atoms with Crippen LogP contribution in [0.2, 0.25) is 0 Å². The maximum Gasteiger partial charge on any atom is 0.266 e. The fourth-order valence-electron chi connectivity index (χ4n) is 2.22. The number of ketones is 1. The lowest BCUT2D eigenvalue weighted by atomic mass is 9.98. The molecule has 0 aliphatic carbocycles. The van der Waals surface area contributed by atoms with E-state index < -0.39 is 0 Å². The highest BCUT2D eigenvalue weighted by atomic mass is 16.4. The number of Topliss-reactive ketones (excluding diaryl/α,β-unsaturated/α-hetero) is 1. The molecule has 0 spiro atoms. The first-order chi connectivity index (χ1) is 9.97. The van der Waals surface area contributed by atoms with E-state index in [-0.39, 0.29) is 30.0 Å². The van der Waals surface area contributed by atoms with Crippen LogP contribution in [0.1, 0.15) is 37.9 Å². The Kier molecular flexibility index (Phi) is 4.73. The van der Waals surface area contributed by atoms with Crippen molar-refractivity contribution in [3.05, 3.63) is 30.2 Å². The zero-order valence-corrected chi connectivity index (χ0v) is 12.6. The van der Waals surface area contributed by atoms with Crippen LogP contribution in [-0.2, 0) is 4.79 Å². The summed E-state index contributed by atoms with van der Waals surface area (Å²) < 4.78 is 5.38. The molecule has 2 aromatic rings. The Labute approximate surface area is 123 Å². The first kappa shape index (κ1) is 15.2. The van der Waals surface area contributed by atoms with Gasteiger partial charge in [0.05, 0.1) is 6.54 Å². The molecule has 0 aliphatic heterocycles. The van der Waals surface area contributed by atoms with Crippen molar-refractivity contribution in [1.29, 1.82) is 0 Å². The van der Waals surface area contributed by atoms with E-state index in [0.29, 0.717) is 17.0 Å². The molecule has 0 bridgehead atoms. The van der Waals surface area contributed by atoms with E-state index in [1.54, 1.807) is 12.1 Å². The summed E-state index contributed by atoms with van der Waals surface area (Å²) >= 11 is 0. The van der Waals surface area contributed by atoms with E-state index in [0.717, 1.165) is 6.42 Å². The minimum atomic E-state index is -0.323. The predicted octanol–water partition coefficient (Wildman–Crippen LogP) is 2.81. The molecule has 5 nitrogen and oxygen atoms in total. The van der Waals surface area contributed by atoms with E-state index in [9.17, 15) is 9.59 Å². The van der Waals surface area contributed by atoms with Crippen molar-refractivity contribution in [2.75, 3.05) is 6.54 Å². The highest BCUT2D eigenvalue weighted by Gasteiger charge is 2.18. The summed E-state index contributed by atoms with van der Waals surface area (Å²) in [4.78, 5) is 28.0. The van der Waals surface area contributed by atoms with Gasteiger partial charge in [-0.25, -0.2) is 4.98 Å². The highest BCUT2D eigenvalue weighted by Crippen LogP contribution is 2.15. The molecular weight excluding hydrogens is 268 g/mol. The Hall–Kier alpha value is -2.17. The van der Waals surface area contributed by atoms with Crippen LogP contribution >= 0.6 is 0 Å². The lowest BCUT2D eigenvalue weighted by Gasteiger charge is -2.13. The van der Waals surface area contributed by atoms with Gasteiger partial charge in [0.25, 0.3) is 5.89 Å². The fourth-order valence-corrected chi connectivity index (χ4v) is 2.22. The van der Waals surface area contributed by atoms with E-state index in [1.807, 2.05) is 19.1 Å². The Morgan fingerprint density at radius 1 is 1.24 bits per heavy atom. The van der Waals surface area contributed by atoms with Crippen LogP contribution in [0.5, 0.6) is 0 Å². The largest absolute Gasteiger partial charge is 0.434 e. The van der Waals surface area contributed by atoms with Crippen LogP contribution < -0.4 is 5.32 Å². The van der Waals surface area contributed by atoms with Gasteiger partial charge < -0.3 is 9.73 Å². The number of amides is 1. The van der Waals surface area contributed by atoms with Crippen LogP contribution in [-0.4, -0.2) is 23.2 Å². The van der Waals surface area contributed by atoms with E-state index in [2.05, 4.69) is 24.1 Å². The molecule has 1 atom stereocenters. The van der Waals surface area contributed by atoms with Crippen molar-refractivity contribution in [3.8, 4) is 0 Å². The van der Waals surface area contributed by atoms with Crippen molar-refractivity contribution in [2.45, 2.75) is 27.2 Å². The van der Waals surface area contributed by atoms with Crippen LogP contribution in [0.15, 0.2) is 28.7 Å². The summed E-state index contributed by atoms with van der Waals surface area (Å²) in [7, 11) is 0. The first-order valence-electron chi connectivity index (χ1n) is 7.14. The number of carbonyl (C=O) groups is 2. The maximum atomic E-state index is 12.0. The molecule has 1 aromatic heterocycles. The second kappa shape index (κ2) is 6.52. The van der Waals surface area contributed by atoms with Crippen LogP contribution in [0.4, 0.5) is 0 Å². The number of rotatable bonds is 6. The van der Waals surface area contributed by atoms with Crippen LogP contribution in [0, 0.1) is 11.8 Å². The minimum Gasteiger partial charge on any atom is -0.434 e. The first-order valence-corrected chi connectivity index (χ1v) is 7.14. The van der Waals surface area contributed by atoms with Crippen molar-refractivity contribution < 1.29 is 14.0 Å².